The Hall–Kier alpha value is -3.94. The number of aromatic nitrogens is 2. The van der Waals surface area contributed by atoms with Crippen molar-refractivity contribution in [2.75, 3.05) is 7.11 Å². The van der Waals surface area contributed by atoms with Crippen molar-refractivity contribution in [2.24, 2.45) is 5.10 Å². The molecule has 8 heteroatoms. The van der Waals surface area contributed by atoms with E-state index in [1.165, 1.54) is 6.21 Å². The fraction of sp³-hybridized carbons (Fsp3) is 0.182. The summed E-state index contributed by atoms with van der Waals surface area (Å²) in [5.74, 6) is -0.814. The number of carbonyl (C=O) groups is 2. The van der Waals surface area contributed by atoms with Crippen molar-refractivity contribution in [3.8, 4) is 11.4 Å². The summed E-state index contributed by atoms with van der Waals surface area (Å²) in [7, 11) is 1.63. The van der Waals surface area contributed by atoms with E-state index in [-0.39, 0.29) is 6.54 Å². The van der Waals surface area contributed by atoms with Crippen LogP contribution in [0.4, 0.5) is 0 Å². The lowest BCUT2D eigenvalue weighted by molar-refractivity contribution is -0.139. The number of amides is 2. The van der Waals surface area contributed by atoms with Gasteiger partial charge in [0.25, 0.3) is 0 Å². The van der Waals surface area contributed by atoms with Crippen LogP contribution >= 0.6 is 0 Å². The first-order chi connectivity index (χ1) is 14.5. The summed E-state index contributed by atoms with van der Waals surface area (Å²) >= 11 is 0. The second-order valence-corrected chi connectivity index (χ2v) is 6.60. The van der Waals surface area contributed by atoms with Gasteiger partial charge in [-0.25, -0.2) is 5.43 Å². The smallest absolute Gasteiger partial charge is 0.329 e. The van der Waals surface area contributed by atoms with Gasteiger partial charge in [-0.15, -0.1) is 0 Å². The number of aryl methyl sites for hydroxylation is 1. The number of nitrogens with one attached hydrogen (secondary N) is 2. The fourth-order valence-electron chi connectivity index (χ4n) is 3.02. The number of methoxy groups -OCH3 is 1. The Kier molecular flexibility index (Phi) is 6.59. The van der Waals surface area contributed by atoms with Gasteiger partial charge in [0.05, 0.1) is 13.3 Å². The summed E-state index contributed by atoms with van der Waals surface area (Å²) in [5.41, 5.74) is 6.85. The van der Waals surface area contributed by atoms with E-state index in [0.29, 0.717) is 0 Å². The maximum absolute atomic E-state index is 11.9. The van der Waals surface area contributed by atoms with Gasteiger partial charge in [0, 0.05) is 41.6 Å². The van der Waals surface area contributed by atoms with Crippen molar-refractivity contribution < 1.29 is 14.3 Å². The summed E-state index contributed by atoms with van der Waals surface area (Å²) in [6.07, 6.45) is 4.78. The molecule has 2 amide bonds. The van der Waals surface area contributed by atoms with Crippen molar-refractivity contribution >= 4 is 18.0 Å². The molecule has 1 aromatic carbocycles. The molecule has 0 aliphatic rings. The SMILES string of the molecule is COc1ccc(-n2c(C)cc(/C=N\NC(=O)C(=O)NCc3cccnc3)c2C)cc1. The summed E-state index contributed by atoms with van der Waals surface area (Å²) in [5, 5.41) is 6.45. The molecule has 0 aliphatic heterocycles. The van der Waals surface area contributed by atoms with Crippen molar-refractivity contribution in [3.63, 3.8) is 0 Å². The molecule has 0 fully saturated rings. The van der Waals surface area contributed by atoms with E-state index in [1.807, 2.05) is 50.2 Å². The number of pyridine rings is 1. The Morgan fingerprint density at radius 2 is 1.93 bits per heavy atom. The first kappa shape index (κ1) is 20.8. The van der Waals surface area contributed by atoms with Gasteiger partial charge in [-0.05, 0) is 55.8 Å². The minimum absolute atomic E-state index is 0.215. The second-order valence-electron chi connectivity index (χ2n) is 6.60. The van der Waals surface area contributed by atoms with Gasteiger partial charge < -0.3 is 14.6 Å². The number of rotatable bonds is 6. The first-order valence-electron chi connectivity index (χ1n) is 9.33. The van der Waals surface area contributed by atoms with Crippen LogP contribution < -0.4 is 15.5 Å². The molecule has 30 heavy (non-hydrogen) atoms. The number of carbonyl (C=O) groups excluding carboxylic acids is 2. The number of ether oxygens (including phenoxy) is 1. The standard InChI is InChI=1S/C22H23N5O3/c1-15-11-18(16(2)27(15)19-6-8-20(30-3)9-7-19)14-25-26-22(29)21(28)24-13-17-5-4-10-23-12-17/h4-12,14H,13H2,1-3H3,(H,24,28)(H,26,29)/b25-14-. The number of nitrogens with zero attached hydrogens (tertiary/aromatic N) is 3. The number of benzene rings is 1. The summed E-state index contributed by atoms with van der Waals surface area (Å²) in [6, 6.07) is 13.2. The molecule has 2 heterocycles. The molecule has 3 aromatic rings. The van der Waals surface area contributed by atoms with E-state index in [4.69, 9.17) is 4.74 Å². The minimum Gasteiger partial charge on any atom is -0.497 e. The number of hydrogen-bond donors (Lipinski definition) is 2. The molecule has 3 rings (SSSR count). The van der Waals surface area contributed by atoms with Crippen molar-refractivity contribution in [3.05, 3.63) is 77.4 Å². The molecule has 0 unspecified atom stereocenters. The highest BCUT2D eigenvalue weighted by molar-refractivity contribution is 6.35. The Morgan fingerprint density at radius 1 is 1.17 bits per heavy atom. The van der Waals surface area contributed by atoms with Crippen LogP contribution in [0, 0.1) is 13.8 Å². The lowest BCUT2D eigenvalue weighted by Crippen LogP contribution is -2.37. The lowest BCUT2D eigenvalue weighted by atomic mass is 10.2. The predicted octanol–water partition coefficient (Wildman–Crippen LogP) is 2.26. The van der Waals surface area contributed by atoms with Gasteiger partial charge in [0.1, 0.15) is 5.75 Å². The second kappa shape index (κ2) is 9.51. The van der Waals surface area contributed by atoms with Gasteiger partial charge in [-0.2, -0.15) is 5.10 Å². The van der Waals surface area contributed by atoms with Crippen molar-refractivity contribution in [1.29, 1.82) is 0 Å². The monoisotopic (exact) mass is 405 g/mol. The fourth-order valence-corrected chi connectivity index (χ4v) is 3.02. The average molecular weight is 405 g/mol. The van der Waals surface area contributed by atoms with E-state index in [0.717, 1.165) is 34.0 Å². The van der Waals surface area contributed by atoms with Crippen LogP contribution in [0.5, 0.6) is 5.75 Å². The molecule has 2 N–H and O–H groups in total. The van der Waals surface area contributed by atoms with E-state index in [9.17, 15) is 9.59 Å². The Balaban J connectivity index is 1.61. The van der Waals surface area contributed by atoms with E-state index < -0.39 is 11.8 Å². The van der Waals surface area contributed by atoms with Gasteiger partial charge >= 0.3 is 11.8 Å². The van der Waals surface area contributed by atoms with Crippen LogP contribution in [-0.4, -0.2) is 34.7 Å². The number of hydrazone groups is 1. The molecule has 0 atom stereocenters. The van der Waals surface area contributed by atoms with Gasteiger partial charge in [-0.3, -0.25) is 14.6 Å². The molecular weight excluding hydrogens is 382 g/mol. The predicted molar refractivity (Wildman–Crippen MR) is 114 cm³/mol. The quantitative estimate of drug-likeness (QED) is 0.373. The van der Waals surface area contributed by atoms with Crippen molar-refractivity contribution in [1.82, 2.24) is 20.3 Å². The minimum atomic E-state index is -0.834. The molecule has 0 aliphatic carbocycles. The highest BCUT2D eigenvalue weighted by Gasteiger charge is 2.13. The third kappa shape index (κ3) is 4.91. The molecule has 154 valence electrons. The molecule has 8 nitrogen and oxygen atoms in total. The summed E-state index contributed by atoms with van der Waals surface area (Å²) in [4.78, 5) is 27.8. The first-order valence-corrected chi connectivity index (χ1v) is 9.33. The van der Waals surface area contributed by atoms with Crippen LogP contribution in [0.3, 0.4) is 0 Å². The third-order valence-electron chi connectivity index (χ3n) is 4.55. The van der Waals surface area contributed by atoms with Crippen LogP contribution in [0.1, 0.15) is 22.5 Å². The largest absolute Gasteiger partial charge is 0.497 e. The van der Waals surface area contributed by atoms with Gasteiger partial charge in [0.2, 0.25) is 0 Å². The highest BCUT2D eigenvalue weighted by atomic mass is 16.5. The molecule has 0 saturated heterocycles. The Bertz CT molecular complexity index is 1060. The Morgan fingerprint density at radius 3 is 2.60 bits per heavy atom. The number of hydrogen-bond acceptors (Lipinski definition) is 5. The van der Waals surface area contributed by atoms with Gasteiger partial charge in [0.15, 0.2) is 0 Å². The zero-order valence-electron chi connectivity index (χ0n) is 17.0. The van der Waals surface area contributed by atoms with Crippen LogP contribution in [0.2, 0.25) is 0 Å². The van der Waals surface area contributed by atoms with Gasteiger partial charge in [-0.1, -0.05) is 6.07 Å². The maximum atomic E-state index is 11.9. The molecular formula is C22H23N5O3. The van der Waals surface area contributed by atoms with Crippen LogP contribution in [-0.2, 0) is 16.1 Å². The Labute approximate surface area is 174 Å². The van der Waals surface area contributed by atoms with Crippen LogP contribution in [0.25, 0.3) is 5.69 Å². The lowest BCUT2D eigenvalue weighted by Gasteiger charge is -2.10. The van der Waals surface area contributed by atoms with E-state index >= 15 is 0 Å². The van der Waals surface area contributed by atoms with E-state index in [1.54, 1.807) is 25.6 Å². The maximum Gasteiger partial charge on any atom is 0.329 e. The third-order valence-corrected chi connectivity index (χ3v) is 4.55. The average Bonchev–Trinajstić information content (AvgIpc) is 3.05. The normalized spacial score (nSPS) is 10.8. The van der Waals surface area contributed by atoms with Crippen LogP contribution in [0.15, 0.2) is 60.0 Å². The highest BCUT2D eigenvalue weighted by Crippen LogP contribution is 2.21. The molecule has 0 saturated carbocycles. The molecule has 0 bridgehead atoms. The van der Waals surface area contributed by atoms with Crippen molar-refractivity contribution in [2.45, 2.75) is 20.4 Å². The zero-order chi connectivity index (χ0) is 21.5. The zero-order valence-corrected chi connectivity index (χ0v) is 17.0. The van der Waals surface area contributed by atoms with E-state index in [2.05, 4.69) is 25.4 Å². The topological polar surface area (TPSA) is 97.6 Å². The summed E-state index contributed by atoms with van der Waals surface area (Å²) in [6.45, 7) is 4.16. The summed E-state index contributed by atoms with van der Waals surface area (Å²) < 4.78 is 7.27. The molecule has 0 spiro atoms. The molecule has 2 aromatic heterocycles. The molecule has 0 radical (unpaired) electrons.